The molecule has 0 bridgehead atoms. The van der Waals surface area contributed by atoms with Crippen LogP contribution < -0.4 is 0 Å². The van der Waals surface area contributed by atoms with E-state index in [9.17, 15) is 4.79 Å². The summed E-state index contributed by atoms with van der Waals surface area (Å²) in [4.78, 5) is 18.9. The second-order valence-electron chi connectivity index (χ2n) is 6.13. The van der Waals surface area contributed by atoms with E-state index in [2.05, 4.69) is 10.1 Å². The highest BCUT2D eigenvalue weighted by Gasteiger charge is 2.29. The molecule has 6 heteroatoms. The van der Waals surface area contributed by atoms with Crippen molar-refractivity contribution in [1.82, 2.24) is 15.0 Å². The number of amides is 1. The first-order chi connectivity index (χ1) is 10.6. The fraction of sp³-hybridized carbons (Fsp3) is 0.562. The number of piperidine rings is 1. The van der Waals surface area contributed by atoms with Crippen molar-refractivity contribution in [3.05, 3.63) is 35.4 Å². The van der Waals surface area contributed by atoms with Gasteiger partial charge in [-0.1, -0.05) is 19.0 Å². The highest BCUT2D eigenvalue weighted by Crippen LogP contribution is 2.27. The number of carbonyl (C=O) groups is 1. The van der Waals surface area contributed by atoms with Crippen molar-refractivity contribution in [3.8, 4) is 0 Å². The summed E-state index contributed by atoms with van der Waals surface area (Å²) in [5, 5.41) is 4.09. The van der Waals surface area contributed by atoms with Crippen LogP contribution in [0.3, 0.4) is 0 Å². The number of hydrogen-bond donors (Lipinski definition) is 0. The van der Waals surface area contributed by atoms with E-state index in [4.69, 9.17) is 8.94 Å². The second-order valence-corrected chi connectivity index (χ2v) is 6.13. The Balaban J connectivity index is 1.73. The van der Waals surface area contributed by atoms with E-state index < -0.39 is 0 Å². The van der Waals surface area contributed by atoms with E-state index in [1.807, 2.05) is 25.7 Å². The van der Waals surface area contributed by atoms with E-state index in [1.54, 1.807) is 12.3 Å². The molecule has 0 aromatic carbocycles. The molecule has 1 atom stereocenters. The first kappa shape index (κ1) is 14.8. The normalized spacial score (nSPS) is 18.9. The topological polar surface area (TPSA) is 72.4 Å². The molecule has 3 rings (SSSR count). The average molecular weight is 303 g/mol. The fourth-order valence-electron chi connectivity index (χ4n) is 2.80. The maximum Gasteiger partial charge on any atom is 0.257 e. The Labute approximate surface area is 129 Å². The van der Waals surface area contributed by atoms with Gasteiger partial charge in [0.15, 0.2) is 5.82 Å². The zero-order valence-electron chi connectivity index (χ0n) is 13.2. The second kappa shape index (κ2) is 5.94. The Hall–Kier alpha value is -2.11. The minimum atomic E-state index is 0.0172. The van der Waals surface area contributed by atoms with Crippen LogP contribution >= 0.6 is 0 Å². The predicted octanol–water partition coefficient (Wildman–Crippen LogP) is 3.11. The van der Waals surface area contributed by atoms with Gasteiger partial charge in [0.25, 0.3) is 5.91 Å². The van der Waals surface area contributed by atoms with Crippen LogP contribution in [0, 0.1) is 6.92 Å². The van der Waals surface area contributed by atoms with Gasteiger partial charge in [-0.05, 0) is 25.8 Å². The van der Waals surface area contributed by atoms with Crippen LogP contribution in [0.2, 0.25) is 0 Å². The zero-order valence-corrected chi connectivity index (χ0v) is 13.2. The molecular formula is C16H21N3O3. The molecule has 0 radical (unpaired) electrons. The smallest absolute Gasteiger partial charge is 0.257 e. The fourth-order valence-corrected chi connectivity index (χ4v) is 2.80. The third-order valence-corrected chi connectivity index (χ3v) is 4.11. The molecule has 0 N–H and O–H groups in total. The molecule has 118 valence electrons. The summed E-state index contributed by atoms with van der Waals surface area (Å²) in [5.74, 6) is 2.41. The summed E-state index contributed by atoms with van der Waals surface area (Å²) in [7, 11) is 0. The minimum absolute atomic E-state index is 0.0172. The van der Waals surface area contributed by atoms with Gasteiger partial charge in [-0.25, -0.2) is 0 Å². The number of rotatable bonds is 3. The lowest BCUT2D eigenvalue weighted by molar-refractivity contribution is 0.0702. The number of likely N-dealkylation sites (tertiary alicyclic amines) is 1. The summed E-state index contributed by atoms with van der Waals surface area (Å²) in [6.07, 6.45) is 3.47. The number of nitrogens with zero attached hydrogens (tertiary/aromatic N) is 3. The number of furan rings is 1. The molecule has 3 heterocycles. The lowest BCUT2D eigenvalue weighted by atomic mass is 9.96. The van der Waals surface area contributed by atoms with Gasteiger partial charge in [0, 0.05) is 24.9 Å². The zero-order chi connectivity index (χ0) is 15.7. The maximum atomic E-state index is 12.6. The van der Waals surface area contributed by atoms with E-state index in [0.717, 1.165) is 19.4 Å². The third kappa shape index (κ3) is 2.77. The number of aryl methyl sites for hydroxylation is 1. The Morgan fingerprint density at radius 1 is 1.45 bits per heavy atom. The first-order valence-electron chi connectivity index (χ1n) is 7.73. The summed E-state index contributed by atoms with van der Waals surface area (Å²) in [6.45, 7) is 7.24. The SMILES string of the molecule is Cc1occc1C(=O)N1CCC[C@@H](c2noc(C(C)C)n2)C1. The van der Waals surface area contributed by atoms with Gasteiger partial charge in [-0.3, -0.25) is 4.79 Å². The molecule has 0 saturated carbocycles. The van der Waals surface area contributed by atoms with Gasteiger partial charge >= 0.3 is 0 Å². The Morgan fingerprint density at radius 3 is 2.91 bits per heavy atom. The van der Waals surface area contributed by atoms with Crippen molar-refractivity contribution < 1.29 is 13.7 Å². The Kier molecular flexibility index (Phi) is 4.00. The summed E-state index contributed by atoms with van der Waals surface area (Å²) >= 11 is 0. The van der Waals surface area contributed by atoms with Crippen molar-refractivity contribution >= 4 is 5.91 Å². The van der Waals surface area contributed by atoms with E-state index >= 15 is 0 Å². The molecular weight excluding hydrogens is 282 g/mol. The van der Waals surface area contributed by atoms with Gasteiger partial charge < -0.3 is 13.8 Å². The lowest BCUT2D eigenvalue weighted by Crippen LogP contribution is -2.39. The molecule has 1 aliphatic rings. The van der Waals surface area contributed by atoms with E-state index in [1.165, 1.54) is 0 Å². The lowest BCUT2D eigenvalue weighted by Gasteiger charge is -2.31. The first-order valence-corrected chi connectivity index (χ1v) is 7.73. The third-order valence-electron chi connectivity index (χ3n) is 4.11. The minimum Gasteiger partial charge on any atom is -0.469 e. The molecule has 2 aromatic rings. The van der Waals surface area contributed by atoms with E-state index in [-0.39, 0.29) is 17.7 Å². The van der Waals surface area contributed by atoms with Gasteiger partial charge in [0.2, 0.25) is 5.89 Å². The van der Waals surface area contributed by atoms with Crippen LogP contribution in [0.15, 0.2) is 21.3 Å². The van der Waals surface area contributed by atoms with Crippen LogP contribution in [0.1, 0.15) is 66.4 Å². The van der Waals surface area contributed by atoms with Crippen LogP contribution in [0.25, 0.3) is 0 Å². The highest BCUT2D eigenvalue weighted by atomic mass is 16.5. The molecule has 1 amide bonds. The highest BCUT2D eigenvalue weighted by molar-refractivity contribution is 5.95. The molecule has 0 aliphatic carbocycles. The Morgan fingerprint density at radius 2 is 2.27 bits per heavy atom. The van der Waals surface area contributed by atoms with Gasteiger partial charge in [-0.2, -0.15) is 4.98 Å². The average Bonchev–Trinajstić information content (AvgIpc) is 3.15. The van der Waals surface area contributed by atoms with Gasteiger partial charge in [0.05, 0.1) is 11.8 Å². The molecule has 0 spiro atoms. The number of aromatic nitrogens is 2. The van der Waals surface area contributed by atoms with Crippen molar-refractivity contribution in [2.45, 2.75) is 45.4 Å². The van der Waals surface area contributed by atoms with Crippen LogP contribution in [0.4, 0.5) is 0 Å². The van der Waals surface area contributed by atoms with Crippen molar-refractivity contribution in [2.75, 3.05) is 13.1 Å². The Bertz CT molecular complexity index is 659. The number of carbonyl (C=O) groups excluding carboxylic acids is 1. The summed E-state index contributed by atoms with van der Waals surface area (Å²) < 4.78 is 10.5. The standard InChI is InChI=1S/C16H21N3O3/c1-10(2)15-17-14(18-22-15)12-5-4-7-19(9-12)16(20)13-6-8-21-11(13)3/h6,8,10,12H,4-5,7,9H2,1-3H3/t12-/m1/s1. The maximum absolute atomic E-state index is 12.6. The van der Waals surface area contributed by atoms with Crippen molar-refractivity contribution in [1.29, 1.82) is 0 Å². The van der Waals surface area contributed by atoms with Gasteiger partial charge in [-0.15, -0.1) is 0 Å². The largest absolute Gasteiger partial charge is 0.469 e. The number of hydrogen-bond acceptors (Lipinski definition) is 5. The van der Waals surface area contributed by atoms with Crippen molar-refractivity contribution in [2.24, 2.45) is 0 Å². The summed E-state index contributed by atoms with van der Waals surface area (Å²) in [6, 6.07) is 1.73. The monoisotopic (exact) mass is 303 g/mol. The molecule has 6 nitrogen and oxygen atoms in total. The quantitative estimate of drug-likeness (QED) is 0.871. The van der Waals surface area contributed by atoms with Crippen LogP contribution in [-0.2, 0) is 0 Å². The molecule has 2 aromatic heterocycles. The van der Waals surface area contributed by atoms with E-state index in [0.29, 0.717) is 29.6 Å². The van der Waals surface area contributed by atoms with Crippen LogP contribution in [-0.4, -0.2) is 34.0 Å². The van der Waals surface area contributed by atoms with Gasteiger partial charge in [0.1, 0.15) is 5.76 Å². The predicted molar refractivity (Wildman–Crippen MR) is 79.7 cm³/mol. The van der Waals surface area contributed by atoms with Crippen molar-refractivity contribution in [3.63, 3.8) is 0 Å². The molecule has 22 heavy (non-hydrogen) atoms. The molecule has 0 unspecified atom stereocenters. The summed E-state index contributed by atoms with van der Waals surface area (Å²) in [5.41, 5.74) is 0.636. The van der Waals surface area contributed by atoms with Crippen LogP contribution in [0.5, 0.6) is 0 Å². The molecule has 1 fully saturated rings. The molecule has 1 aliphatic heterocycles. The molecule has 1 saturated heterocycles.